The Morgan fingerprint density at radius 2 is 2.40 bits per heavy atom. The van der Waals surface area contributed by atoms with Gasteiger partial charge in [-0.2, -0.15) is 0 Å². The quantitative estimate of drug-likeness (QED) is 0.369. The lowest BCUT2D eigenvalue weighted by Gasteiger charge is -1.82. The maximum atomic E-state index is 9.76. The number of hydrogen-bond acceptors (Lipinski definition) is 3. The molecule has 1 aromatic heterocycles. The van der Waals surface area contributed by atoms with Gasteiger partial charge in [-0.1, -0.05) is 0 Å². The van der Waals surface area contributed by atoms with Crippen molar-refractivity contribution in [3.8, 4) is 11.8 Å². The van der Waals surface area contributed by atoms with Crippen molar-refractivity contribution >= 4 is 6.29 Å². The van der Waals surface area contributed by atoms with E-state index in [2.05, 4.69) is 21.8 Å². The number of aromatic nitrogens is 2. The molecule has 0 aliphatic heterocycles. The summed E-state index contributed by atoms with van der Waals surface area (Å²) in [6.45, 7) is 0. The zero-order valence-electron chi connectivity index (χ0n) is 5.11. The Kier molecular flexibility index (Phi) is 2.16. The smallest absolute Gasteiger partial charge is 0.193 e. The van der Waals surface area contributed by atoms with Gasteiger partial charge >= 0.3 is 0 Å². The monoisotopic (exact) mass is 132 g/mol. The van der Waals surface area contributed by atoms with Gasteiger partial charge in [0.05, 0.1) is 6.20 Å². The van der Waals surface area contributed by atoms with E-state index in [1.165, 1.54) is 12.4 Å². The third-order valence-electron chi connectivity index (χ3n) is 0.822. The number of aldehydes is 1. The molecule has 0 amide bonds. The molecule has 48 valence electrons. The van der Waals surface area contributed by atoms with Crippen LogP contribution in [-0.4, -0.2) is 16.3 Å². The van der Waals surface area contributed by atoms with Gasteiger partial charge in [0, 0.05) is 12.4 Å². The lowest BCUT2D eigenvalue weighted by atomic mass is 10.4. The van der Waals surface area contributed by atoms with Gasteiger partial charge in [0.25, 0.3) is 0 Å². The maximum absolute atomic E-state index is 9.76. The molecule has 0 aliphatic rings. The van der Waals surface area contributed by atoms with Crippen LogP contribution in [0.2, 0.25) is 0 Å². The first kappa shape index (κ1) is 6.43. The van der Waals surface area contributed by atoms with E-state index in [-0.39, 0.29) is 0 Å². The summed E-state index contributed by atoms with van der Waals surface area (Å²) in [4.78, 5) is 17.3. The third kappa shape index (κ3) is 1.67. The summed E-state index contributed by atoms with van der Waals surface area (Å²) in [5, 5.41) is 0. The lowest BCUT2D eigenvalue weighted by Crippen LogP contribution is -1.81. The Labute approximate surface area is 58.1 Å². The first-order chi connectivity index (χ1) is 4.93. The minimum absolute atomic E-state index is 0.509. The Morgan fingerprint density at radius 3 is 3.00 bits per heavy atom. The number of hydrogen-bond donors (Lipinski definition) is 0. The summed E-state index contributed by atoms with van der Waals surface area (Å²) in [5.41, 5.74) is 0.509. The van der Waals surface area contributed by atoms with Crippen LogP contribution in [0.5, 0.6) is 0 Å². The van der Waals surface area contributed by atoms with Gasteiger partial charge in [-0.05, 0) is 11.8 Å². The highest BCUT2D eigenvalue weighted by Gasteiger charge is 1.81. The van der Waals surface area contributed by atoms with Crippen LogP contribution in [0.15, 0.2) is 18.6 Å². The SMILES string of the molecule is O=CC#Cc1cnccn1. The van der Waals surface area contributed by atoms with Crippen molar-refractivity contribution in [2.45, 2.75) is 0 Å². The van der Waals surface area contributed by atoms with E-state index in [1.807, 2.05) is 0 Å². The topological polar surface area (TPSA) is 42.9 Å². The third-order valence-corrected chi connectivity index (χ3v) is 0.822. The highest BCUT2D eigenvalue weighted by molar-refractivity contribution is 5.73. The normalized spacial score (nSPS) is 7.60. The second-order valence-electron chi connectivity index (χ2n) is 1.48. The van der Waals surface area contributed by atoms with E-state index in [0.717, 1.165) is 0 Å². The number of carbonyl (C=O) groups is 1. The fourth-order valence-electron chi connectivity index (χ4n) is 0.467. The summed E-state index contributed by atoms with van der Waals surface area (Å²) in [6.07, 6.45) is 5.09. The van der Waals surface area contributed by atoms with Crippen molar-refractivity contribution in [3.05, 3.63) is 24.3 Å². The van der Waals surface area contributed by atoms with Crippen LogP contribution in [0.4, 0.5) is 0 Å². The molecule has 0 N–H and O–H groups in total. The molecular weight excluding hydrogens is 128 g/mol. The number of nitrogens with zero attached hydrogens (tertiary/aromatic N) is 2. The fraction of sp³-hybridized carbons (Fsp3) is 0. The van der Waals surface area contributed by atoms with Crippen molar-refractivity contribution in [3.63, 3.8) is 0 Å². The largest absolute Gasteiger partial charge is 0.289 e. The standard InChI is InChI=1S/C7H4N2O/c10-5-1-2-7-6-8-3-4-9-7/h3-6H. The molecule has 0 saturated carbocycles. The van der Waals surface area contributed by atoms with Gasteiger partial charge < -0.3 is 0 Å². The van der Waals surface area contributed by atoms with E-state index in [1.54, 1.807) is 6.20 Å². The van der Waals surface area contributed by atoms with Gasteiger partial charge in [0.15, 0.2) is 6.29 Å². The van der Waals surface area contributed by atoms with Gasteiger partial charge in [-0.3, -0.25) is 9.78 Å². The lowest BCUT2D eigenvalue weighted by molar-refractivity contribution is -0.103. The molecule has 0 radical (unpaired) electrons. The highest BCUT2D eigenvalue weighted by atomic mass is 16.1. The summed E-state index contributed by atoms with van der Waals surface area (Å²) in [6, 6.07) is 0. The Balaban J connectivity index is 2.86. The predicted octanol–water partition coefficient (Wildman–Crippen LogP) is 0.0270. The fourth-order valence-corrected chi connectivity index (χ4v) is 0.467. The van der Waals surface area contributed by atoms with Gasteiger partial charge in [-0.25, -0.2) is 4.98 Å². The molecule has 0 atom stereocenters. The van der Waals surface area contributed by atoms with E-state index < -0.39 is 0 Å². The maximum Gasteiger partial charge on any atom is 0.193 e. The van der Waals surface area contributed by atoms with Crippen molar-refractivity contribution in [2.75, 3.05) is 0 Å². The van der Waals surface area contributed by atoms with E-state index >= 15 is 0 Å². The van der Waals surface area contributed by atoms with E-state index in [4.69, 9.17) is 0 Å². The average molecular weight is 132 g/mol. The number of carbonyl (C=O) groups excluding carboxylic acids is 1. The second-order valence-corrected chi connectivity index (χ2v) is 1.48. The average Bonchev–Trinajstić information content (AvgIpc) is 2.03. The zero-order valence-corrected chi connectivity index (χ0v) is 5.11. The van der Waals surface area contributed by atoms with Crippen LogP contribution < -0.4 is 0 Å². The molecule has 3 heteroatoms. The van der Waals surface area contributed by atoms with Crippen LogP contribution >= 0.6 is 0 Å². The molecule has 0 aliphatic carbocycles. The highest BCUT2D eigenvalue weighted by Crippen LogP contribution is 1.83. The first-order valence-electron chi connectivity index (χ1n) is 2.64. The minimum atomic E-state index is 0.509. The Hall–Kier alpha value is -1.69. The Bertz CT molecular complexity index is 271. The van der Waals surface area contributed by atoms with Crippen LogP contribution in [0.25, 0.3) is 0 Å². The second kappa shape index (κ2) is 3.36. The molecule has 3 nitrogen and oxygen atoms in total. The molecule has 0 bridgehead atoms. The Morgan fingerprint density at radius 1 is 1.50 bits per heavy atom. The van der Waals surface area contributed by atoms with Crippen molar-refractivity contribution in [1.82, 2.24) is 9.97 Å². The number of rotatable bonds is 0. The molecule has 0 saturated heterocycles. The van der Waals surface area contributed by atoms with Gasteiger partial charge in [0.2, 0.25) is 0 Å². The van der Waals surface area contributed by atoms with Gasteiger partial charge in [0.1, 0.15) is 5.69 Å². The van der Waals surface area contributed by atoms with Gasteiger partial charge in [-0.15, -0.1) is 0 Å². The molecule has 0 unspecified atom stereocenters. The molecule has 10 heavy (non-hydrogen) atoms. The summed E-state index contributed by atoms with van der Waals surface area (Å²) in [5.74, 6) is 4.73. The van der Waals surface area contributed by atoms with Crippen LogP contribution in [0.1, 0.15) is 5.69 Å². The molecule has 1 aromatic rings. The summed E-state index contributed by atoms with van der Waals surface area (Å²) in [7, 11) is 0. The molecular formula is C7H4N2O. The molecule has 0 spiro atoms. The van der Waals surface area contributed by atoms with Crippen LogP contribution in [0.3, 0.4) is 0 Å². The predicted molar refractivity (Wildman–Crippen MR) is 35.0 cm³/mol. The van der Waals surface area contributed by atoms with Crippen LogP contribution in [-0.2, 0) is 4.79 Å². The first-order valence-corrected chi connectivity index (χ1v) is 2.64. The molecule has 1 heterocycles. The molecule has 0 fully saturated rings. The summed E-state index contributed by atoms with van der Waals surface area (Å²) < 4.78 is 0. The molecule has 1 rings (SSSR count). The summed E-state index contributed by atoms with van der Waals surface area (Å²) >= 11 is 0. The van der Waals surface area contributed by atoms with Crippen molar-refractivity contribution in [2.24, 2.45) is 0 Å². The van der Waals surface area contributed by atoms with Crippen LogP contribution in [0, 0.1) is 11.8 Å². The minimum Gasteiger partial charge on any atom is -0.289 e. The zero-order chi connectivity index (χ0) is 7.23. The molecule has 0 aromatic carbocycles. The van der Waals surface area contributed by atoms with E-state index in [0.29, 0.717) is 12.0 Å². The van der Waals surface area contributed by atoms with E-state index in [9.17, 15) is 4.79 Å². The van der Waals surface area contributed by atoms with Crippen molar-refractivity contribution < 1.29 is 4.79 Å². The van der Waals surface area contributed by atoms with Crippen molar-refractivity contribution in [1.29, 1.82) is 0 Å².